The number of likely N-dealkylation sites (tertiary alicyclic amines) is 1. The van der Waals surface area contributed by atoms with E-state index < -0.39 is 19.0 Å². The Kier molecular flexibility index (Phi) is 7.64. The standard InChI is InChI=1S/C10H22N.C2BF8/c1-3-7-11(8-4-2)9-5-6-10-11;4-1(5,2(6,7)8)3(9,10)11/h3-10H2,1-2H3;/q+1;-1. The van der Waals surface area contributed by atoms with Gasteiger partial charge in [0.05, 0.1) is 26.2 Å². The van der Waals surface area contributed by atoms with Gasteiger partial charge in [-0.3, -0.25) is 0 Å². The molecule has 1 heterocycles. The van der Waals surface area contributed by atoms with Crippen molar-refractivity contribution in [2.24, 2.45) is 0 Å². The molecule has 0 aromatic carbocycles. The van der Waals surface area contributed by atoms with Gasteiger partial charge >= 0.3 is 19.0 Å². The molecule has 1 aliphatic heterocycles. The van der Waals surface area contributed by atoms with Crippen molar-refractivity contribution in [1.29, 1.82) is 0 Å². The van der Waals surface area contributed by atoms with Crippen LogP contribution in [0.4, 0.5) is 34.9 Å². The third kappa shape index (κ3) is 5.59. The first-order valence-corrected chi connectivity index (χ1v) is 7.32. The Bertz CT molecular complexity index is 296. The Labute approximate surface area is 125 Å². The second-order valence-electron chi connectivity index (χ2n) is 5.64. The molecular formula is C12H22BF8N. The summed E-state index contributed by atoms with van der Waals surface area (Å²) in [7, 11) is 0. The van der Waals surface area contributed by atoms with E-state index >= 15 is 0 Å². The molecule has 1 aliphatic rings. The first-order valence-electron chi connectivity index (χ1n) is 7.32. The maximum Gasteiger partial charge on any atom is 0.558 e. The molecule has 0 atom stereocenters. The molecule has 0 bridgehead atoms. The van der Waals surface area contributed by atoms with Crippen LogP contribution in [0, 0.1) is 0 Å². The number of hydrogen-bond acceptors (Lipinski definition) is 0. The summed E-state index contributed by atoms with van der Waals surface area (Å²) >= 11 is 0. The molecule has 0 aliphatic carbocycles. The summed E-state index contributed by atoms with van der Waals surface area (Å²) in [5, 5.41) is 0. The number of alkyl halides is 5. The van der Waals surface area contributed by atoms with Gasteiger partial charge in [-0.1, -0.05) is 13.8 Å². The third-order valence-electron chi connectivity index (χ3n) is 3.70. The van der Waals surface area contributed by atoms with Crippen molar-refractivity contribution >= 4 is 6.98 Å². The fourth-order valence-corrected chi connectivity index (χ4v) is 2.70. The van der Waals surface area contributed by atoms with E-state index in [1.165, 1.54) is 56.3 Å². The molecule has 10 heteroatoms. The van der Waals surface area contributed by atoms with E-state index in [2.05, 4.69) is 13.8 Å². The summed E-state index contributed by atoms with van der Waals surface area (Å²) in [6.07, 6.45) is -0.884. The lowest BCUT2D eigenvalue weighted by Crippen LogP contribution is -2.53. The fourth-order valence-electron chi connectivity index (χ4n) is 2.70. The Morgan fingerprint density at radius 3 is 1.36 bits per heavy atom. The van der Waals surface area contributed by atoms with E-state index in [1.54, 1.807) is 0 Å². The molecule has 134 valence electrons. The largest absolute Gasteiger partial charge is 0.558 e. The zero-order chi connectivity index (χ0) is 17.7. The lowest BCUT2D eigenvalue weighted by atomic mass is 9.80. The predicted molar refractivity (Wildman–Crippen MR) is 69.6 cm³/mol. The third-order valence-corrected chi connectivity index (χ3v) is 3.70. The molecule has 1 fully saturated rings. The van der Waals surface area contributed by atoms with E-state index in [1.807, 2.05) is 0 Å². The van der Waals surface area contributed by atoms with E-state index in [4.69, 9.17) is 0 Å². The lowest BCUT2D eigenvalue weighted by molar-refractivity contribution is -0.916. The van der Waals surface area contributed by atoms with Crippen molar-refractivity contribution in [2.75, 3.05) is 26.2 Å². The van der Waals surface area contributed by atoms with Gasteiger partial charge in [-0.2, -0.15) is 13.2 Å². The molecule has 0 unspecified atom stereocenters. The minimum absolute atomic E-state index is 1.36. The first kappa shape index (κ1) is 21.5. The molecule has 0 N–H and O–H groups in total. The summed E-state index contributed by atoms with van der Waals surface area (Å²) in [4.78, 5) is 0. The minimum atomic E-state index is -7.21. The van der Waals surface area contributed by atoms with Gasteiger partial charge in [-0.15, -0.1) is 0 Å². The molecular weight excluding hydrogens is 321 g/mol. The summed E-state index contributed by atoms with van der Waals surface area (Å²) in [6, 6.07) is 0. The molecule has 1 saturated heterocycles. The van der Waals surface area contributed by atoms with Gasteiger partial charge in [0, 0.05) is 12.8 Å². The normalized spacial score (nSPS) is 18.8. The minimum Gasteiger partial charge on any atom is -0.445 e. The highest BCUT2D eigenvalue weighted by atomic mass is 19.4. The molecule has 22 heavy (non-hydrogen) atoms. The maximum absolute atomic E-state index is 11.2. The SMILES string of the molecule is CCC[N+]1(CCC)CCCC1.F[B-](F)(F)C(F)(F)C(F)(F)F. The highest BCUT2D eigenvalue weighted by molar-refractivity contribution is 6.61. The van der Waals surface area contributed by atoms with Gasteiger partial charge in [-0.05, 0) is 12.8 Å². The van der Waals surface area contributed by atoms with Crippen LogP contribution in [0.3, 0.4) is 0 Å². The van der Waals surface area contributed by atoms with Crippen LogP contribution >= 0.6 is 0 Å². The molecule has 1 nitrogen and oxygen atoms in total. The monoisotopic (exact) mass is 343 g/mol. The Hall–Kier alpha value is -0.535. The van der Waals surface area contributed by atoms with Crippen LogP contribution in [-0.2, 0) is 0 Å². The first-order chi connectivity index (χ1) is 9.83. The van der Waals surface area contributed by atoms with E-state index in [9.17, 15) is 34.9 Å². The average molecular weight is 343 g/mol. The molecule has 0 amide bonds. The molecule has 0 aromatic rings. The molecule has 1 rings (SSSR count). The molecule has 0 saturated carbocycles. The Balaban J connectivity index is 0.000000401. The number of rotatable bonds is 5. The van der Waals surface area contributed by atoms with Gasteiger partial charge in [0.25, 0.3) is 0 Å². The highest BCUT2D eigenvalue weighted by Gasteiger charge is 2.69. The topological polar surface area (TPSA) is 0 Å². The van der Waals surface area contributed by atoms with Gasteiger partial charge in [0.2, 0.25) is 0 Å². The maximum atomic E-state index is 11.2. The highest BCUT2D eigenvalue weighted by Crippen LogP contribution is 2.44. The van der Waals surface area contributed by atoms with Crippen molar-refractivity contribution in [1.82, 2.24) is 0 Å². The van der Waals surface area contributed by atoms with E-state index in [-0.39, 0.29) is 0 Å². The lowest BCUT2D eigenvalue weighted by Gasteiger charge is -2.33. The quantitative estimate of drug-likeness (QED) is 0.375. The number of nitrogens with zero attached hydrogens (tertiary/aromatic N) is 1. The molecule has 0 radical (unpaired) electrons. The van der Waals surface area contributed by atoms with Crippen molar-refractivity contribution in [3.63, 3.8) is 0 Å². The van der Waals surface area contributed by atoms with Crippen LogP contribution in [0.1, 0.15) is 39.5 Å². The van der Waals surface area contributed by atoms with Crippen LogP contribution in [0.2, 0.25) is 0 Å². The average Bonchev–Trinajstić information content (AvgIpc) is 2.76. The summed E-state index contributed by atoms with van der Waals surface area (Å²) in [5.74, 6) is -6.56. The van der Waals surface area contributed by atoms with Crippen LogP contribution in [0.25, 0.3) is 0 Å². The van der Waals surface area contributed by atoms with Gasteiger partial charge < -0.3 is 17.4 Å². The number of halogens is 8. The van der Waals surface area contributed by atoms with E-state index in [0.717, 1.165) is 0 Å². The molecule has 0 spiro atoms. The van der Waals surface area contributed by atoms with Gasteiger partial charge in [0.1, 0.15) is 0 Å². The van der Waals surface area contributed by atoms with Gasteiger partial charge in [0.15, 0.2) is 0 Å². The van der Waals surface area contributed by atoms with Crippen LogP contribution in [-0.4, -0.2) is 49.6 Å². The van der Waals surface area contributed by atoms with E-state index in [0.29, 0.717) is 0 Å². The van der Waals surface area contributed by atoms with Crippen molar-refractivity contribution in [3.05, 3.63) is 0 Å². The summed E-state index contributed by atoms with van der Waals surface area (Å²) < 4.78 is 89.3. The van der Waals surface area contributed by atoms with Crippen molar-refractivity contribution < 1.29 is 39.4 Å². The van der Waals surface area contributed by atoms with Crippen LogP contribution in [0.15, 0.2) is 0 Å². The van der Waals surface area contributed by atoms with Crippen molar-refractivity contribution in [3.8, 4) is 0 Å². The summed E-state index contributed by atoms with van der Waals surface area (Å²) in [5.41, 5.74) is 0. The zero-order valence-electron chi connectivity index (χ0n) is 12.7. The predicted octanol–water partition coefficient (Wildman–Crippen LogP) is 4.99. The number of hydrogen-bond donors (Lipinski definition) is 0. The smallest absolute Gasteiger partial charge is 0.445 e. The molecule has 0 aromatic heterocycles. The van der Waals surface area contributed by atoms with Crippen molar-refractivity contribution in [2.45, 2.75) is 51.5 Å². The summed E-state index contributed by atoms with van der Waals surface area (Å²) in [6.45, 7) is 3.19. The second kappa shape index (κ2) is 7.83. The second-order valence-corrected chi connectivity index (χ2v) is 5.64. The Morgan fingerprint density at radius 1 is 0.818 bits per heavy atom. The Morgan fingerprint density at radius 2 is 1.18 bits per heavy atom. The van der Waals surface area contributed by atoms with Crippen LogP contribution < -0.4 is 0 Å². The number of quaternary nitrogens is 1. The van der Waals surface area contributed by atoms with Gasteiger partial charge in [-0.25, -0.2) is 8.78 Å². The van der Waals surface area contributed by atoms with Crippen LogP contribution in [0.5, 0.6) is 0 Å². The zero-order valence-corrected chi connectivity index (χ0v) is 12.7. The fraction of sp³-hybridized carbons (Fsp3) is 1.00.